The topological polar surface area (TPSA) is 50.4 Å². The fraction of sp³-hybridized carbons (Fsp3) is 0.364. The molecule has 0 unspecified atom stereocenters. The maximum atomic E-state index is 11.5. The smallest absolute Gasteiger partial charge is 0.225 e. The minimum Gasteiger partial charge on any atom is -0.497 e. The lowest BCUT2D eigenvalue weighted by molar-refractivity contribution is -0.116. The van der Waals surface area contributed by atoms with Gasteiger partial charge in [-0.15, -0.1) is 0 Å². The number of hydrogen-bond donors (Lipinski definition) is 2. The number of rotatable bonds is 5. The van der Waals surface area contributed by atoms with Crippen molar-refractivity contribution in [2.75, 3.05) is 26.0 Å². The normalized spacial score (nSPS) is 9.94. The zero-order valence-corrected chi connectivity index (χ0v) is 11.5. The Morgan fingerprint density at radius 2 is 2.25 bits per heavy atom. The molecule has 0 aromatic heterocycles. The van der Waals surface area contributed by atoms with Gasteiger partial charge in [-0.05, 0) is 41.8 Å². The first-order chi connectivity index (χ1) is 7.67. The van der Waals surface area contributed by atoms with E-state index in [1.54, 1.807) is 7.11 Å². The second-order valence-electron chi connectivity index (χ2n) is 3.25. The number of ether oxygens (including phenoxy) is 1. The molecule has 0 fully saturated rings. The fourth-order valence-electron chi connectivity index (χ4n) is 1.18. The highest BCUT2D eigenvalue weighted by Gasteiger charge is 2.06. The van der Waals surface area contributed by atoms with Crippen LogP contribution in [0, 0.1) is 3.57 Å². The third-order valence-corrected chi connectivity index (χ3v) is 2.99. The minimum absolute atomic E-state index is 0.000481. The summed E-state index contributed by atoms with van der Waals surface area (Å²) in [5.41, 5.74) is 0.793. The maximum Gasteiger partial charge on any atom is 0.225 e. The van der Waals surface area contributed by atoms with Gasteiger partial charge in [0.05, 0.1) is 12.8 Å². The first-order valence-corrected chi connectivity index (χ1v) is 6.03. The highest BCUT2D eigenvalue weighted by Crippen LogP contribution is 2.23. The quantitative estimate of drug-likeness (QED) is 0.808. The van der Waals surface area contributed by atoms with Crippen LogP contribution in [0.4, 0.5) is 5.69 Å². The van der Waals surface area contributed by atoms with Crippen LogP contribution in [-0.2, 0) is 4.79 Å². The Hall–Kier alpha value is -0.820. The molecule has 0 atom stereocenters. The van der Waals surface area contributed by atoms with E-state index in [4.69, 9.17) is 4.74 Å². The number of halogens is 1. The van der Waals surface area contributed by atoms with Crippen molar-refractivity contribution in [3.8, 4) is 5.75 Å². The van der Waals surface area contributed by atoms with E-state index in [9.17, 15) is 4.79 Å². The number of nitrogens with one attached hydrogen (secondary N) is 2. The van der Waals surface area contributed by atoms with Crippen LogP contribution in [0.15, 0.2) is 18.2 Å². The van der Waals surface area contributed by atoms with E-state index in [-0.39, 0.29) is 5.91 Å². The van der Waals surface area contributed by atoms with Gasteiger partial charge in [0.1, 0.15) is 5.75 Å². The van der Waals surface area contributed by atoms with Crippen molar-refractivity contribution in [2.45, 2.75) is 6.42 Å². The lowest BCUT2D eigenvalue weighted by atomic mass is 10.3. The van der Waals surface area contributed by atoms with Crippen LogP contribution in [0.1, 0.15) is 6.42 Å². The van der Waals surface area contributed by atoms with Crippen molar-refractivity contribution in [1.29, 1.82) is 0 Å². The monoisotopic (exact) mass is 334 g/mol. The number of hydrogen-bond acceptors (Lipinski definition) is 3. The van der Waals surface area contributed by atoms with E-state index < -0.39 is 0 Å². The Bertz CT molecular complexity index is 369. The standard InChI is InChI=1S/C11H15IN2O2/c1-13-6-5-11(15)14-10-7-8(16-2)3-4-9(10)12/h3-4,7,13H,5-6H2,1-2H3,(H,14,15). The number of amides is 1. The van der Waals surface area contributed by atoms with Gasteiger partial charge in [-0.1, -0.05) is 0 Å². The number of carbonyl (C=O) groups excluding carboxylic acids is 1. The zero-order chi connectivity index (χ0) is 12.0. The molecule has 4 nitrogen and oxygen atoms in total. The van der Waals surface area contributed by atoms with Crippen molar-refractivity contribution in [3.63, 3.8) is 0 Å². The summed E-state index contributed by atoms with van der Waals surface area (Å²) in [5.74, 6) is 0.741. The van der Waals surface area contributed by atoms with E-state index in [1.165, 1.54) is 0 Å². The van der Waals surface area contributed by atoms with Crippen LogP contribution >= 0.6 is 22.6 Å². The Morgan fingerprint density at radius 3 is 2.88 bits per heavy atom. The molecule has 1 aromatic carbocycles. The van der Waals surface area contributed by atoms with Crippen molar-refractivity contribution in [3.05, 3.63) is 21.8 Å². The average molecular weight is 334 g/mol. The van der Waals surface area contributed by atoms with Gasteiger partial charge in [0, 0.05) is 22.6 Å². The summed E-state index contributed by atoms with van der Waals surface area (Å²) in [6.45, 7) is 0.673. The Balaban J connectivity index is 2.68. The Kier molecular flexibility index (Phi) is 5.54. The summed E-state index contributed by atoms with van der Waals surface area (Å²) in [7, 11) is 3.43. The molecule has 1 aromatic rings. The summed E-state index contributed by atoms with van der Waals surface area (Å²) in [4.78, 5) is 11.5. The third-order valence-electron chi connectivity index (χ3n) is 2.05. The van der Waals surface area contributed by atoms with Crippen LogP contribution in [-0.4, -0.2) is 26.6 Å². The molecule has 0 bridgehead atoms. The van der Waals surface area contributed by atoms with Crippen molar-refractivity contribution in [2.24, 2.45) is 0 Å². The number of benzene rings is 1. The molecule has 0 radical (unpaired) electrons. The van der Waals surface area contributed by atoms with Crippen molar-refractivity contribution >= 4 is 34.2 Å². The largest absolute Gasteiger partial charge is 0.497 e. The second kappa shape index (κ2) is 6.70. The van der Waals surface area contributed by atoms with Gasteiger partial charge in [-0.2, -0.15) is 0 Å². The first kappa shape index (κ1) is 13.2. The second-order valence-corrected chi connectivity index (χ2v) is 4.41. The molecule has 5 heteroatoms. The van der Waals surface area contributed by atoms with Gasteiger partial charge < -0.3 is 15.4 Å². The molecule has 0 saturated carbocycles. The molecule has 1 amide bonds. The summed E-state index contributed by atoms with van der Waals surface area (Å²) in [6, 6.07) is 5.59. The van der Waals surface area contributed by atoms with Crippen LogP contribution in [0.3, 0.4) is 0 Å². The minimum atomic E-state index is 0.000481. The molecule has 0 aliphatic rings. The average Bonchev–Trinajstić information content (AvgIpc) is 2.29. The summed E-state index contributed by atoms with van der Waals surface area (Å²) in [5, 5.41) is 5.79. The number of methoxy groups -OCH3 is 1. The van der Waals surface area contributed by atoms with Gasteiger partial charge in [0.2, 0.25) is 5.91 Å². The van der Waals surface area contributed by atoms with Crippen LogP contribution < -0.4 is 15.4 Å². The van der Waals surface area contributed by atoms with Gasteiger partial charge >= 0.3 is 0 Å². The number of anilines is 1. The highest BCUT2D eigenvalue weighted by molar-refractivity contribution is 14.1. The molecule has 0 aliphatic heterocycles. The molecule has 88 valence electrons. The van der Waals surface area contributed by atoms with Crippen molar-refractivity contribution < 1.29 is 9.53 Å². The summed E-state index contributed by atoms with van der Waals surface area (Å²) in [6.07, 6.45) is 0.462. The predicted octanol–water partition coefficient (Wildman–Crippen LogP) is 1.85. The van der Waals surface area contributed by atoms with E-state index >= 15 is 0 Å². The van der Waals surface area contributed by atoms with Crippen molar-refractivity contribution in [1.82, 2.24) is 5.32 Å². The number of carbonyl (C=O) groups is 1. The van der Waals surface area contributed by atoms with Gasteiger partial charge in [-0.3, -0.25) is 4.79 Å². The van der Waals surface area contributed by atoms with Gasteiger partial charge in [0.15, 0.2) is 0 Å². The molecular weight excluding hydrogens is 319 g/mol. The molecule has 0 aliphatic carbocycles. The fourth-order valence-corrected chi connectivity index (χ4v) is 1.65. The van der Waals surface area contributed by atoms with Crippen LogP contribution in [0.2, 0.25) is 0 Å². The molecule has 1 rings (SSSR count). The summed E-state index contributed by atoms with van der Waals surface area (Å²) >= 11 is 2.18. The highest BCUT2D eigenvalue weighted by atomic mass is 127. The molecule has 0 saturated heterocycles. The van der Waals surface area contributed by atoms with Crippen LogP contribution in [0.25, 0.3) is 0 Å². The van der Waals surface area contributed by atoms with Gasteiger partial charge in [0.25, 0.3) is 0 Å². The SMILES string of the molecule is CNCCC(=O)Nc1cc(OC)ccc1I. The third kappa shape index (κ3) is 3.97. The Labute approximate surface area is 109 Å². The zero-order valence-electron chi connectivity index (χ0n) is 9.34. The molecule has 0 heterocycles. The van der Waals surface area contributed by atoms with E-state index in [0.717, 1.165) is 15.0 Å². The van der Waals surface area contributed by atoms with Gasteiger partial charge in [-0.25, -0.2) is 0 Å². The van der Waals surface area contributed by atoms with E-state index in [1.807, 2.05) is 25.2 Å². The molecule has 2 N–H and O–H groups in total. The molecular formula is C11H15IN2O2. The molecule has 16 heavy (non-hydrogen) atoms. The van der Waals surface area contributed by atoms with Crippen LogP contribution in [0.5, 0.6) is 5.75 Å². The lowest BCUT2D eigenvalue weighted by Crippen LogP contribution is -2.19. The Morgan fingerprint density at radius 1 is 1.50 bits per heavy atom. The predicted molar refractivity (Wildman–Crippen MR) is 72.9 cm³/mol. The maximum absolute atomic E-state index is 11.5. The van der Waals surface area contributed by atoms with E-state index in [0.29, 0.717) is 13.0 Å². The summed E-state index contributed by atoms with van der Waals surface area (Å²) < 4.78 is 6.10. The first-order valence-electron chi connectivity index (χ1n) is 4.95. The lowest BCUT2D eigenvalue weighted by Gasteiger charge is -2.09. The molecule has 0 spiro atoms. The van der Waals surface area contributed by atoms with E-state index in [2.05, 4.69) is 33.2 Å².